The molecule has 9 heteroatoms. The van der Waals surface area contributed by atoms with E-state index in [2.05, 4.69) is 26.6 Å². The highest BCUT2D eigenvalue weighted by Gasteiger charge is 2.52. The predicted molar refractivity (Wildman–Crippen MR) is 108 cm³/mol. The first-order chi connectivity index (χ1) is 13.8. The number of ether oxygens (including phenoxy) is 1. The molecule has 2 aliphatic rings. The van der Waals surface area contributed by atoms with Gasteiger partial charge < -0.3 is 15.4 Å². The molecule has 3 rings (SSSR count). The molecule has 8 nitrogen and oxygen atoms in total. The number of nitrogens with zero attached hydrogens (tertiary/aromatic N) is 1. The predicted octanol–water partition coefficient (Wildman–Crippen LogP) is 2.42. The van der Waals surface area contributed by atoms with Crippen molar-refractivity contribution in [3.8, 4) is 0 Å². The zero-order chi connectivity index (χ0) is 21.0. The third kappa shape index (κ3) is 4.77. The Labute approximate surface area is 177 Å². The number of imide groups is 1. The smallest absolute Gasteiger partial charge is 0.325 e. The van der Waals surface area contributed by atoms with Gasteiger partial charge in [0.2, 0.25) is 5.91 Å². The molecule has 2 N–H and O–H groups in total. The van der Waals surface area contributed by atoms with Crippen LogP contribution in [0.2, 0.25) is 0 Å². The summed E-state index contributed by atoms with van der Waals surface area (Å²) in [6.45, 7) is 0.00167. The maximum Gasteiger partial charge on any atom is 0.325 e. The monoisotopic (exact) mass is 465 g/mol. The number of urea groups is 1. The van der Waals surface area contributed by atoms with Crippen LogP contribution in [0.3, 0.4) is 0 Å². The average Bonchev–Trinajstić information content (AvgIpc) is 3.25. The van der Waals surface area contributed by atoms with Crippen molar-refractivity contribution in [1.82, 2.24) is 15.5 Å². The molecule has 0 bridgehead atoms. The molecule has 4 amide bonds. The van der Waals surface area contributed by atoms with Crippen LogP contribution in [-0.2, 0) is 19.1 Å². The molecule has 2 fully saturated rings. The summed E-state index contributed by atoms with van der Waals surface area (Å²) in [6.07, 6.45) is 3.03. The second-order valence-electron chi connectivity index (χ2n) is 7.38. The Balaban J connectivity index is 1.62. The van der Waals surface area contributed by atoms with Gasteiger partial charge in [-0.15, -0.1) is 0 Å². The van der Waals surface area contributed by atoms with Gasteiger partial charge in [0.15, 0.2) is 0 Å². The Hall–Kier alpha value is -2.42. The van der Waals surface area contributed by atoms with E-state index in [1.165, 1.54) is 7.11 Å². The van der Waals surface area contributed by atoms with Crippen LogP contribution in [0.4, 0.5) is 4.79 Å². The molecular weight excluding hydrogens is 442 g/mol. The summed E-state index contributed by atoms with van der Waals surface area (Å²) in [5, 5.41) is 5.61. The maximum absolute atomic E-state index is 12.7. The van der Waals surface area contributed by atoms with Gasteiger partial charge in [-0.1, -0.05) is 40.9 Å². The molecule has 29 heavy (non-hydrogen) atoms. The van der Waals surface area contributed by atoms with Gasteiger partial charge in [-0.25, -0.2) is 4.79 Å². The van der Waals surface area contributed by atoms with Gasteiger partial charge in [0.25, 0.3) is 5.91 Å². The quantitative estimate of drug-likeness (QED) is 0.475. The summed E-state index contributed by atoms with van der Waals surface area (Å²) in [4.78, 5) is 50.3. The van der Waals surface area contributed by atoms with Gasteiger partial charge in [0, 0.05) is 17.4 Å². The van der Waals surface area contributed by atoms with Crippen LogP contribution in [0.25, 0.3) is 0 Å². The zero-order valence-corrected chi connectivity index (χ0v) is 17.8. The van der Waals surface area contributed by atoms with Crippen LogP contribution in [-0.4, -0.2) is 47.9 Å². The number of carbonyl (C=O) groups excluding carboxylic acids is 4. The van der Waals surface area contributed by atoms with Crippen LogP contribution >= 0.6 is 15.9 Å². The van der Waals surface area contributed by atoms with Gasteiger partial charge in [-0.3, -0.25) is 19.3 Å². The molecule has 1 saturated carbocycles. The molecule has 1 aliphatic heterocycles. The fraction of sp³-hybridized carbons (Fsp3) is 0.500. The van der Waals surface area contributed by atoms with Crippen molar-refractivity contribution >= 4 is 39.7 Å². The molecule has 1 heterocycles. The minimum Gasteiger partial charge on any atom is -0.469 e. The standard InChI is InChI=1S/C20H24BrN3O5/c1-29-17(26)12-15(13-5-4-6-14(21)11-13)22-16(25)7-10-24-18(27)20(23-19(24)28)8-2-3-9-20/h4-6,11,15H,2-3,7-10,12H2,1H3,(H,22,25)(H,23,28). The summed E-state index contributed by atoms with van der Waals surface area (Å²) in [7, 11) is 1.29. The zero-order valence-electron chi connectivity index (χ0n) is 16.2. The van der Waals surface area contributed by atoms with Crippen molar-refractivity contribution < 1.29 is 23.9 Å². The van der Waals surface area contributed by atoms with E-state index in [1.807, 2.05) is 18.2 Å². The Morgan fingerprint density at radius 3 is 2.69 bits per heavy atom. The summed E-state index contributed by atoms with van der Waals surface area (Å²) < 4.78 is 5.55. The first-order valence-corrected chi connectivity index (χ1v) is 10.4. The fourth-order valence-corrected chi connectivity index (χ4v) is 4.32. The van der Waals surface area contributed by atoms with Gasteiger partial charge in [0.1, 0.15) is 5.54 Å². The Bertz CT molecular complexity index is 822. The van der Waals surface area contributed by atoms with E-state index in [9.17, 15) is 19.2 Å². The van der Waals surface area contributed by atoms with E-state index in [0.29, 0.717) is 12.8 Å². The Kier molecular flexibility index (Phi) is 6.56. The SMILES string of the molecule is COC(=O)CC(NC(=O)CCN1C(=O)NC2(CCCC2)C1=O)c1cccc(Br)c1. The highest BCUT2D eigenvalue weighted by molar-refractivity contribution is 9.10. The van der Waals surface area contributed by atoms with Crippen LogP contribution in [0.15, 0.2) is 28.7 Å². The average molecular weight is 466 g/mol. The summed E-state index contributed by atoms with van der Waals surface area (Å²) >= 11 is 3.38. The van der Waals surface area contributed by atoms with Crippen molar-refractivity contribution in [2.75, 3.05) is 13.7 Å². The Morgan fingerprint density at radius 1 is 1.31 bits per heavy atom. The maximum atomic E-state index is 12.7. The van der Waals surface area contributed by atoms with Crippen LogP contribution in [0, 0.1) is 0 Å². The number of carbonyl (C=O) groups is 4. The number of hydrogen-bond donors (Lipinski definition) is 2. The van der Waals surface area contributed by atoms with E-state index in [0.717, 1.165) is 27.8 Å². The lowest BCUT2D eigenvalue weighted by Crippen LogP contribution is -2.44. The van der Waals surface area contributed by atoms with Gasteiger partial charge in [-0.2, -0.15) is 0 Å². The number of amides is 4. The number of methoxy groups -OCH3 is 1. The fourth-order valence-electron chi connectivity index (χ4n) is 3.90. The second-order valence-corrected chi connectivity index (χ2v) is 8.30. The van der Waals surface area contributed by atoms with Crippen LogP contribution < -0.4 is 10.6 Å². The Morgan fingerprint density at radius 2 is 2.03 bits per heavy atom. The van der Waals surface area contributed by atoms with Crippen molar-refractivity contribution in [3.05, 3.63) is 34.3 Å². The van der Waals surface area contributed by atoms with Crippen LogP contribution in [0.5, 0.6) is 0 Å². The largest absolute Gasteiger partial charge is 0.469 e. The van der Waals surface area contributed by atoms with Crippen molar-refractivity contribution in [2.45, 2.75) is 50.1 Å². The summed E-state index contributed by atoms with van der Waals surface area (Å²) in [5.74, 6) is -1.05. The second kappa shape index (κ2) is 8.94. The van der Waals surface area contributed by atoms with Crippen molar-refractivity contribution in [1.29, 1.82) is 0 Å². The highest BCUT2D eigenvalue weighted by atomic mass is 79.9. The summed E-state index contributed by atoms with van der Waals surface area (Å²) in [5.41, 5.74) is -0.0323. The minimum absolute atomic E-state index is 0.00167. The van der Waals surface area contributed by atoms with Gasteiger partial charge in [-0.05, 0) is 30.5 Å². The third-order valence-electron chi connectivity index (χ3n) is 5.45. The topological polar surface area (TPSA) is 105 Å². The van der Waals surface area contributed by atoms with Gasteiger partial charge >= 0.3 is 12.0 Å². The lowest BCUT2D eigenvalue weighted by atomic mass is 9.98. The lowest BCUT2D eigenvalue weighted by Gasteiger charge is -2.21. The molecule has 1 aliphatic carbocycles. The minimum atomic E-state index is -0.780. The number of rotatable bonds is 7. The molecular formula is C20H24BrN3O5. The lowest BCUT2D eigenvalue weighted by molar-refractivity contribution is -0.141. The van der Waals surface area contributed by atoms with E-state index in [4.69, 9.17) is 4.74 Å². The molecule has 1 saturated heterocycles. The van der Waals surface area contributed by atoms with Crippen molar-refractivity contribution in [3.63, 3.8) is 0 Å². The number of esters is 1. The normalized spacial score (nSPS) is 18.6. The van der Waals surface area contributed by atoms with E-state index in [-0.39, 0.29) is 31.2 Å². The van der Waals surface area contributed by atoms with Crippen LogP contribution in [0.1, 0.15) is 50.1 Å². The molecule has 1 aromatic rings. The van der Waals surface area contributed by atoms with Gasteiger partial charge in [0.05, 0.1) is 19.6 Å². The molecule has 0 radical (unpaired) electrons. The first-order valence-electron chi connectivity index (χ1n) is 9.60. The first kappa shape index (κ1) is 21.3. The van der Waals surface area contributed by atoms with E-state index >= 15 is 0 Å². The molecule has 1 aromatic carbocycles. The highest BCUT2D eigenvalue weighted by Crippen LogP contribution is 2.35. The number of hydrogen-bond acceptors (Lipinski definition) is 5. The van der Waals surface area contributed by atoms with E-state index < -0.39 is 23.6 Å². The van der Waals surface area contributed by atoms with Crippen molar-refractivity contribution in [2.24, 2.45) is 0 Å². The molecule has 1 unspecified atom stereocenters. The number of nitrogens with one attached hydrogen (secondary N) is 2. The van der Waals surface area contributed by atoms with E-state index in [1.54, 1.807) is 6.07 Å². The number of halogens is 1. The molecule has 1 spiro atoms. The number of benzene rings is 1. The molecule has 156 valence electrons. The molecule has 0 aromatic heterocycles. The summed E-state index contributed by atoms with van der Waals surface area (Å²) in [6, 6.07) is 6.26. The third-order valence-corrected chi connectivity index (χ3v) is 5.94. The molecule has 1 atom stereocenters.